The summed E-state index contributed by atoms with van der Waals surface area (Å²) < 4.78 is 1.91. The molecule has 5 heteroatoms. The third kappa shape index (κ3) is 2.12. The number of nitrogens with zero attached hydrogens (tertiary/aromatic N) is 2. The number of imidazole rings is 1. The molecule has 1 aromatic heterocycles. The summed E-state index contributed by atoms with van der Waals surface area (Å²) >= 11 is 0. The molecule has 0 aliphatic carbocycles. The third-order valence-corrected chi connectivity index (χ3v) is 1.72. The molecule has 1 heterocycles. The molecule has 2 rings (SSSR count). The Hall–Kier alpha value is -0.770. The Labute approximate surface area is 88.8 Å². The lowest BCUT2D eigenvalue weighted by atomic mass is 10.3. The van der Waals surface area contributed by atoms with Gasteiger partial charge in [0.2, 0.25) is 0 Å². The van der Waals surface area contributed by atoms with Gasteiger partial charge in [-0.15, -0.1) is 24.8 Å². The smallest absolute Gasteiger partial charge is 0.0969 e. The quantitative estimate of drug-likeness (QED) is 0.796. The van der Waals surface area contributed by atoms with E-state index in [0.717, 1.165) is 11.0 Å². The van der Waals surface area contributed by atoms with Crippen molar-refractivity contribution in [1.82, 2.24) is 9.55 Å². The van der Waals surface area contributed by atoms with Crippen LogP contribution in [0.5, 0.6) is 0 Å². The molecule has 0 aliphatic heterocycles. The molecule has 0 unspecified atom stereocenters. The van der Waals surface area contributed by atoms with E-state index in [-0.39, 0.29) is 24.8 Å². The molecule has 0 saturated heterocycles. The number of hydrogen-bond acceptors (Lipinski definition) is 2. The van der Waals surface area contributed by atoms with Gasteiger partial charge in [0.1, 0.15) is 0 Å². The molecule has 2 aromatic rings. The molecule has 0 spiro atoms. The molecule has 3 nitrogen and oxygen atoms in total. The zero-order chi connectivity index (χ0) is 7.68. The molecular weight excluding hydrogens is 209 g/mol. The molecule has 0 bridgehead atoms. The highest BCUT2D eigenvalue weighted by Crippen LogP contribution is 2.09. The number of nitrogens with two attached hydrogens (primary N) is 1. The standard InChI is InChI=1S/C8H9N3.2ClH/c9-5-11-6-10-7-3-1-2-4-8(7)11;;/h1-4,6H,5,9H2;2*1H. The van der Waals surface area contributed by atoms with Crippen LogP contribution in [-0.4, -0.2) is 9.55 Å². The van der Waals surface area contributed by atoms with Crippen LogP contribution in [0.2, 0.25) is 0 Å². The highest BCUT2D eigenvalue weighted by atomic mass is 35.5. The Balaban J connectivity index is 0.000000720. The molecular formula is C8H11Cl2N3. The van der Waals surface area contributed by atoms with Crippen molar-refractivity contribution >= 4 is 35.8 Å². The van der Waals surface area contributed by atoms with Crippen LogP contribution in [0.4, 0.5) is 0 Å². The van der Waals surface area contributed by atoms with Gasteiger partial charge in [0.15, 0.2) is 0 Å². The molecule has 0 fully saturated rings. The number of rotatable bonds is 1. The van der Waals surface area contributed by atoms with Gasteiger partial charge >= 0.3 is 0 Å². The van der Waals surface area contributed by atoms with Crippen molar-refractivity contribution in [1.29, 1.82) is 0 Å². The first-order valence-electron chi connectivity index (χ1n) is 3.52. The van der Waals surface area contributed by atoms with Gasteiger partial charge in [0.25, 0.3) is 0 Å². The monoisotopic (exact) mass is 219 g/mol. The lowest BCUT2D eigenvalue weighted by molar-refractivity contribution is 0.755. The van der Waals surface area contributed by atoms with Crippen LogP contribution in [0, 0.1) is 0 Å². The molecule has 0 radical (unpaired) electrons. The Morgan fingerprint density at radius 1 is 1.23 bits per heavy atom. The summed E-state index contributed by atoms with van der Waals surface area (Å²) in [5.41, 5.74) is 7.57. The van der Waals surface area contributed by atoms with Gasteiger partial charge in [-0.2, -0.15) is 0 Å². The Morgan fingerprint density at radius 2 is 1.92 bits per heavy atom. The predicted octanol–water partition coefficient (Wildman–Crippen LogP) is 1.80. The molecule has 0 saturated carbocycles. The SMILES string of the molecule is Cl.Cl.NCn1cnc2ccccc21. The van der Waals surface area contributed by atoms with Crippen molar-refractivity contribution in [3.05, 3.63) is 30.6 Å². The zero-order valence-corrected chi connectivity index (χ0v) is 8.52. The lowest BCUT2D eigenvalue weighted by Crippen LogP contribution is -2.04. The van der Waals surface area contributed by atoms with Crippen molar-refractivity contribution in [3.63, 3.8) is 0 Å². The summed E-state index contributed by atoms with van der Waals surface area (Å²) in [6.45, 7) is 0.487. The number of para-hydroxylation sites is 2. The minimum absolute atomic E-state index is 0. The van der Waals surface area contributed by atoms with Crippen LogP contribution in [0.1, 0.15) is 0 Å². The molecule has 1 aromatic carbocycles. The average Bonchev–Trinajstić information content (AvgIpc) is 2.47. The van der Waals surface area contributed by atoms with E-state index in [2.05, 4.69) is 4.98 Å². The van der Waals surface area contributed by atoms with E-state index in [4.69, 9.17) is 5.73 Å². The highest BCUT2D eigenvalue weighted by Gasteiger charge is 1.96. The number of fused-ring (bicyclic) bond motifs is 1. The first-order chi connectivity index (χ1) is 5.42. The van der Waals surface area contributed by atoms with Crippen LogP contribution in [0.15, 0.2) is 30.6 Å². The maximum atomic E-state index is 5.48. The van der Waals surface area contributed by atoms with Crippen LogP contribution in [-0.2, 0) is 6.67 Å². The summed E-state index contributed by atoms with van der Waals surface area (Å²) in [6.07, 6.45) is 1.75. The predicted molar refractivity (Wildman–Crippen MR) is 58.4 cm³/mol. The van der Waals surface area contributed by atoms with Gasteiger partial charge in [-0.3, -0.25) is 0 Å². The van der Waals surface area contributed by atoms with Crippen molar-refractivity contribution in [2.45, 2.75) is 6.67 Å². The van der Waals surface area contributed by atoms with Crippen LogP contribution < -0.4 is 5.73 Å². The first kappa shape index (κ1) is 12.2. The molecule has 72 valence electrons. The Morgan fingerprint density at radius 3 is 2.62 bits per heavy atom. The summed E-state index contributed by atoms with van der Waals surface area (Å²) in [7, 11) is 0. The van der Waals surface area contributed by atoms with E-state index in [1.165, 1.54) is 0 Å². The molecule has 2 N–H and O–H groups in total. The summed E-state index contributed by atoms with van der Waals surface area (Å²) in [5, 5.41) is 0. The maximum Gasteiger partial charge on any atom is 0.0969 e. The minimum atomic E-state index is 0. The van der Waals surface area contributed by atoms with E-state index in [1.54, 1.807) is 6.33 Å². The fourth-order valence-electron chi connectivity index (χ4n) is 1.16. The largest absolute Gasteiger partial charge is 0.317 e. The van der Waals surface area contributed by atoms with Crippen LogP contribution in [0.3, 0.4) is 0 Å². The Kier molecular flexibility index (Phi) is 4.77. The average molecular weight is 220 g/mol. The molecule has 13 heavy (non-hydrogen) atoms. The van der Waals surface area contributed by atoms with Gasteiger partial charge < -0.3 is 10.3 Å². The topological polar surface area (TPSA) is 43.8 Å². The fraction of sp³-hybridized carbons (Fsp3) is 0.125. The summed E-state index contributed by atoms with van der Waals surface area (Å²) in [5.74, 6) is 0. The van der Waals surface area contributed by atoms with Gasteiger partial charge in [-0.1, -0.05) is 12.1 Å². The Bertz CT molecular complexity index is 372. The summed E-state index contributed by atoms with van der Waals surface area (Å²) in [4.78, 5) is 4.17. The second-order valence-corrected chi connectivity index (χ2v) is 2.39. The van der Waals surface area contributed by atoms with Gasteiger partial charge in [0.05, 0.1) is 24.0 Å². The summed E-state index contributed by atoms with van der Waals surface area (Å²) in [6, 6.07) is 7.93. The van der Waals surface area contributed by atoms with E-state index in [1.807, 2.05) is 28.8 Å². The molecule has 0 aliphatic rings. The van der Waals surface area contributed by atoms with Gasteiger partial charge in [-0.25, -0.2) is 4.98 Å². The second-order valence-electron chi connectivity index (χ2n) is 2.39. The molecule has 0 amide bonds. The second kappa shape index (κ2) is 5.07. The van der Waals surface area contributed by atoms with Crippen LogP contribution >= 0.6 is 24.8 Å². The van der Waals surface area contributed by atoms with E-state index in [9.17, 15) is 0 Å². The van der Waals surface area contributed by atoms with Crippen molar-refractivity contribution in [2.24, 2.45) is 5.73 Å². The van der Waals surface area contributed by atoms with E-state index < -0.39 is 0 Å². The van der Waals surface area contributed by atoms with Crippen LogP contribution in [0.25, 0.3) is 11.0 Å². The van der Waals surface area contributed by atoms with Crippen molar-refractivity contribution in [3.8, 4) is 0 Å². The number of halogens is 2. The minimum Gasteiger partial charge on any atom is -0.317 e. The molecule has 0 atom stereocenters. The van der Waals surface area contributed by atoms with E-state index >= 15 is 0 Å². The van der Waals surface area contributed by atoms with E-state index in [0.29, 0.717) is 6.67 Å². The van der Waals surface area contributed by atoms with Crippen molar-refractivity contribution in [2.75, 3.05) is 0 Å². The third-order valence-electron chi connectivity index (χ3n) is 1.72. The lowest BCUT2D eigenvalue weighted by Gasteiger charge is -1.96. The van der Waals surface area contributed by atoms with Gasteiger partial charge in [0, 0.05) is 0 Å². The highest BCUT2D eigenvalue weighted by molar-refractivity contribution is 5.85. The first-order valence-corrected chi connectivity index (χ1v) is 3.52. The van der Waals surface area contributed by atoms with Gasteiger partial charge in [-0.05, 0) is 12.1 Å². The number of benzene rings is 1. The zero-order valence-electron chi connectivity index (χ0n) is 6.88. The normalized spacial score (nSPS) is 9.00. The fourth-order valence-corrected chi connectivity index (χ4v) is 1.16. The number of aromatic nitrogens is 2. The van der Waals surface area contributed by atoms with Crippen molar-refractivity contribution < 1.29 is 0 Å². The maximum absolute atomic E-state index is 5.48. The number of hydrogen-bond donors (Lipinski definition) is 1.